The molecule has 1 heterocycles. The van der Waals surface area contributed by atoms with E-state index in [4.69, 9.17) is 9.47 Å². The van der Waals surface area contributed by atoms with Crippen LogP contribution < -0.4 is 15.2 Å². The number of nitrogens with one attached hydrogen (secondary N) is 1. The van der Waals surface area contributed by atoms with Gasteiger partial charge < -0.3 is 14.6 Å². The molecule has 0 fully saturated rings. The number of methoxy groups -OCH3 is 1. The van der Waals surface area contributed by atoms with Crippen molar-refractivity contribution in [2.24, 2.45) is 5.92 Å². The maximum atomic E-state index is 11.3. The molecule has 0 spiro atoms. The van der Waals surface area contributed by atoms with Gasteiger partial charge in [-0.15, -0.1) is 0 Å². The molecule has 43 heavy (non-hydrogen) atoms. The van der Waals surface area contributed by atoms with Gasteiger partial charge in [-0.2, -0.15) is 0 Å². The Hall–Kier alpha value is -5.37. The van der Waals surface area contributed by atoms with Gasteiger partial charge >= 0.3 is 11.7 Å². The van der Waals surface area contributed by atoms with Crippen LogP contribution in [0.4, 0.5) is 0 Å². The molecule has 0 aliphatic rings. The van der Waals surface area contributed by atoms with Gasteiger partial charge in [0.15, 0.2) is 5.82 Å². The van der Waals surface area contributed by atoms with Crippen LogP contribution in [0.15, 0.2) is 112 Å². The SMILES string of the molecule is COc1ccc(COc2ccccc2/C=C/C(CCc2ccc(C(=O)O)cc2)Cc2ccc(-c3noc(=O)[nH]3)cc2)cc1. The molecule has 8 nitrogen and oxygen atoms in total. The first-order valence-electron chi connectivity index (χ1n) is 14.0. The molecule has 2 N–H and O–H groups in total. The third-order valence-corrected chi connectivity index (χ3v) is 7.19. The monoisotopic (exact) mass is 576 g/mol. The van der Waals surface area contributed by atoms with E-state index >= 15 is 0 Å². The van der Waals surface area contributed by atoms with Gasteiger partial charge in [0, 0.05) is 11.1 Å². The van der Waals surface area contributed by atoms with E-state index in [1.807, 2.05) is 84.9 Å². The van der Waals surface area contributed by atoms with Crippen molar-refractivity contribution in [2.75, 3.05) is 7.11 Å². The lowest BCUT2D eigenvalue weighted by Gasteiger charge is -2.15. The maximum absolute atomic E-state index is 11.3. The van der Waals surface area contributed by atoms with Crippen LogP contribution in [-0.4, -0.2) is 28.3 Å². The Kier molecular flexibility index (Phi) is 9.49. The van der Waals surface area contributed by atoms with Crippen molar-refractivity contribution >= 4 is 12.0 Å². The minimum Gasteiger partial charge on any atom is -0.497 e. The Balaban J connectivity index is 1.31. The molecular formula is C35H32N2O6. The van der Waals surface area contributed by atoms with E-state index in [1.165, 1.54) is 0 Å². The molecule has 8 heteroatoms. The lowest BCUT2D eigenvalue weighted by atomic mass is 9.91. The molecule has 218 valence electrons. The van der Waals surface area contributed by atoms with Crippen LogP contribution in [0.5, 0.6) is 11.5 Å². The lowest BCUT2D eigenvalue weighted by Crippen LogP contribution is -2.04. The van der Waals surface area contributed by atoms with Crippen LogP contribution in [0, 0.1) is 5.92 Å². The smallest absolute Gasteiger partial charge is 0.439 e. The Labute approximate surface area is 249 Å². The molecule has 0 amide bonds. The number of carboxylic acid groups (broad SMARTS) is 1. The largest absolute Gasteiger partial charge is 0.497 e. The van der Waals surface area contributed by atoms with E-state index < -0.39 is 11.7 Å². The fourth-order valence-corrected chi connectivity index (χ4v) is 4.76. The zero-order valence-electron chi connectivity index (χ0n) is 23.7. The first-order chi connectivity index (χ1) is 21.0. The number of nitrogens with zero attached hydrogens (tertiary/aromatic N) is 1. The Bertz CT molecular complexity index is 1720. The molecule has 5 rings (SSSR count). The van der Waals surface area contributed by atoms with E-state index in [-0.39, 0.29) is 11.5 Å². The molecule has 1 aromatic heterocycles. The van der Waals surface area contributed by atoms with Crippen LogP contribution >= 0.6 is 0 Å². The van der Waals surface area contributed by atoms with Crippen molar-refractivity contribution in [3.8, 4) is 22.9 Å². The number of hydrogen-bond acceptors (Lipinski definition) is 6. The summed E-state index contributed by atoms with van der Waals surface area (Å²) < 4.78 is 16.1. The standard InChI is InChI=1S/C35H32N2O6/c1-41-31-20-13-27(14-21-31)23-42-32-5-3-2-4-28(32)15-10-25(7-6-24-8-18-30(19-9-24)34(38)39)22-26-11-16-29(17-12-26)33-36-35(40)43-37-33/h2-5,8-21,25H,6-7,22-23H2,1H3,(H,38,39)(H,36,37,40)/b15-10+. The number of allylic oxidation sites excluding steroid dienone is 1. The maximum Gasteiger partial charge on any atom is 0.439 e. The minimum absolute atomic E-state index is 0.187. The third kappa shape index (κ3) is 8.10. The van der Waals surface area contributed by atoms with Gasteiger partial charge in [-0.1, -0.05) is 84.0 Å². The first-order valence-corrected chi connectivity index (χ1v) is 14.0. The number of H-pyrrole nitrogens is 1. The number of benzene rings is 4. The second kappa shape index (κ2) is 14.0. The number of para-hydroxylation sites is 1. The van der Waals surface area contributed by atoms with Crippen molar-refractivity contribution in [3.63, 3.8) is 0 Å². The quantitative estimate of drug-likeness (QED) is 0.158. The molecule has 0 aliphatic carbocycles. The highest BCUT2D eigenvalue weighted by molar-refractivity contribution is 5.87. The van der Waals surface area contributed by atoms with Crippen molar-refractivity contribution in [3.05, 3.63) is 142 Å². The van der Waals surface area contributed by atoms with Crippen LogP contribution in [0.2, 0.25) is 0 Å². The highest BCUT2D eigenvalue weighted by atomic mass is 16.5. The van der Waals surface area contributed by atoms with Crippen molar-refractivity contribution in [2.45, 2.75) is 25.9 Å². The van der Waals surface area contributed by atoms with Gasteiger partial charge in [0.25, 0.3) is 0 Å². The van der Waals surface area contributed by atoms with E-state index in [0.717, 1.165) is 58.6 Å². The third-order valence-electron chi connectivity index (χ3n) is 7.19. The average molecular weight is 577 g/mol. The zero-order valence-corrected chi connectivity index (χ0v) is 23.7. The molecule has 1 atom stereocenters. The number of rotatable bonds is 13. The summed E-state index contributed by atoms with van der Waals surface area (Å²) in [5.41, 5.74) is 5.29. The number of ether oxygens (including phenoxy) is 2. The molecular weight excluding hydrogens is 544 g/mol. The average Bonchev–Trinajstić information content (AvgIpc) is 3.48. The molecule has 0 radical (unpaired) electrons. The number of carbonyl (C=O) groups is 1. The lowest BCUT2D eigenvalue weighted by molar-refractivity contribution is 0.0697. The van der Waals surface area contributed by atoms with Gasteiger partial charge in [-0.05, 0) is 72.2 Å². The summed E-state index contributed by atoms with van der Waals surface area (Å²) in [4.78, 5) is 25.2. The Morgan fingerprint density at radius 3 is 2.30 bits per heavy atom. The summed E-state index contributed by atoms with van der Waals surface area (Å²) in [7, 11) is 1.65. The summed E-state index contributed by atoms with van der Waals surface area (Å²) >= 11 is 0. The molecule has 0 bridgehead atoms. The molecule has 5 aromatic rings. The van der Waals surface area contributed by atoms with Crippen LogP contribution in [0.25, 0.3) is 17.5 Å². The van der Waals surface area contributed by atoms with Crippen LogP contribution in [0.1, 0.15) is 39.0 Å². The topological polar surface area (TPSA) is 115 Å². The molecule has 0 saturated heterocycles. The fraction of sp³-hybridized carbons (Fsp3) is 0.171. The highest BCUT2D eigenvalue weighted by Gasteiger charge is 2.11. The summed E-state index contributed by atoms with van der Waals surface area (Å²) in [6, 6.07) is 30.7. The predicted octanol–water partition coefficient (Wildman–Crippen LogP) is 6.82. The number of aromatic carboxylic acids is 1. The minimum atomic E-state index is -0.932. The molecule has 0 saturated carbocycles. The van der Waals surface area contributed by atoms with Crippen LogP contribution in [0.3, 0.4) is 0 Å². The fourth-order valence-electron chi connectivity index (χ4n) is 4.76. The van der Waals surface area contributed by atoms with Gasteiger partial charge in [-0.3, -0.25) is 9.51 Å². The second-order valence-corrected chi connectivity index (χ2v) is 10.2. The Morgan fingerprint density at radius 1 is 0.930 bits per heavy atom. The number of hydrogen-bond donors (Lipinski definition) is 2. The second-order valence-electron chi connectivity index (χ2n) is 10.2. The number of carboxylic acids is 1. The number of aromatic amines is 1. The van der Waals surface area contributed by atoms with Crippen molar-refractivity contribution < 1.29 is 23.9 Å². The van der Waals surface area contributed by atoms with Gasteiger partial charge in [0.2, 0.25) is 0 Å². The van der Waals surface area contributed by atoms with Gasteiger partial charge in [-0.25, -0.2) is 9.59 Å². The summed E-state index contributed by atoms with van der Waals surface area (Å²) in [5, 5.41) is 13.0. The van der Waals surface area contributed by atoms with Crippen LogP contribution in [-0.2, 0) is 19.4 Å². The van der Waals surface area contributed by atoms with E-state index in [0.29, 0.717) is 12.4 Å². The first kappa shape index (κ1) is 29.1. The highest BCUT2D eigenvalue weighted by Crippen LogP contribution is 2.25. The van der Waals surface area contributed by atoms with E-state index in [2.05, 4.69) is 26.8 Å². The zero-order chi connectivity index (χ0) is 30.0. The van der Waals surface area contributed by atoms with Gasteiger partial charge in [0.05, 0.1) is 12.7 Å². The summed E-state index contributed by atoms with van der Waals surface area (Å²) in [5.74, 6) is 0.657. The van der Waals surface area contributed by atoms with Gasteiger partial charge in [0.1, 0.15) is 18.1 Å². The van der Waals surface area contributed by atoms with E-state index in [1.54, 1.807) is 19.2 Å². The molecule has 0 aliphatic heterocycles. The number of aryl methyl sites for hydroxylation is 1. The van der Waals surface area contributed by atoms with Crippen molar-refractivity contribution in [1.82, 2.24) is 10.1 Å². The molecule has 1 unspecified atom stereocenters. The predicted molar refractivity (Wildman–Crippen MR) is 164 cm³/mol. The number of aromatic nitrogens is 2. The Morgan fingerprint density at radius 2 is 1.63 bits per heavy atom. The summed E-state index contributed by atoms with van der Waals surface area (Å²) in [6.07, 6.45) is 6.76. The summed E-state index contributed by atoms with van der Waals surface area (Å²) in [6.45, 7) is 0.438. The normalized spacial score (nSPS) is 11.8. The van der Waals surface area contributed by atoms with E-state index in [9.17, 15) is 14.7 Å². The van der Waals surface area contributed by atoms with Crippen molar-refractivity contribution in [1.29, 1.82) is 0 Å². The molecule has 4 aromatic carbocycles.